The van der Waals surface area contributed by atoms with Crippen molar-refractivity contribution in [2.45, 2.75) is 38.9 Å². The highest BCUT2D eigenvalue weighted by Gasteiger charge is 2.52. The van der Waals surface area contributed by atoms with Gasteiger partial charge >= 0.3 is 7.12 Å². The van der Waals surface area contributed by atoms with Crippen LogP contribution >= 0.6 is 15.9 Å². The molecule has 3 heterocycles. The van der Waals surface area contributed by atoms with Crippen molar-refractivity contribution < 1.29 is 16.2 Å². The van der Waals surface area contributed by atoms with Crippen molar-refractivity contribution in [3.8, 4) is 5.69 Å². The molecule has 5 nitrogen and oxygen atoms in total. The quantitative estimate of drug-likeness (QED) is 0.776. The summed E-state index contributed by atoms with van der Waals surface area (Å²) in [5.74, 6) is 0. The summed E-state index contributed by atoms with van der Waals surface area (Å²) in [6, 6.07) is -0.612. The third-order valence-electron chi connectivity index (χ3n) is 3.75. The first kappa shape index (κ1) is 9.76. The van der Waals surface area contributed by atoms with E-state index in [4.69, 9.17) is 16.2 Å². The Kier molecular flexibility index (Phi) is 2.29. The maximum atomic E-state index is 8.49. The van der Waals surface area contributed by atoms with Gasteiger partial charge in [0.1, 0.15) is 12.3 Å². The van der Waals surface area contributed by atoms with Crippen LogP contribution in [0.4, 0.5) is 0 Å². The zero-order valence-electron chi connectivity index (χ0n) is 17.1. The second kappa shape index (κ2) is 4.93. The van der Waals surface area contributed by atoms with E-state index in [1.165, 1.54) is 0 Å². The van der Waals surface area contributed by atoms with E-state index in [2.05, 4.69) is 25.9 Å². The summed E-state index contributed by atoms with van der Waals surface area (Å²) in [5, 5.41) is 0. The molecule has 0 N–H and O–H groups in total. The van der Waals surface area contributed by atoms with Crippen molar-refractivity contribution in [1.82, 2.24) is 14.5 Å². The molecule has 1 aliphatic heterocycles. The first-order valence-electron chi connectivity index (χ1n) is 8.92. The van der Waals surface area contributed by atoms with E-state index in [9.17, 15) is 0 Å². The van der Waals surface area contributed by atoms with Crippen LogP contribution in [0.25, 0.3) is 5.69 Å². The van der Waals surface area contributed by atoms with Crippen LogP contribution in [-0.4, -0.2) is 32.9 Å². The predicted molar refractivity (Wildman–Crippen MR) is 84.8 cm³/mol. The van der Waals surface area contributed by atoms with E-state index in [-0.39, 0.29) is 40.4 Å². The molecule has 0 spiro atoms. The fourth-order valence-electron chi connectivity index (χ4n) is 1.84. The summed E-state index contributed by atoms with van der Waals surface area (Å²) < 4.78 is 53.5. The number of nitrogens with zero attached hydrogens (tertiary/aromatic N) is 3. The molecular formula is C14H17BBrN3O2. The van der Waals surface area contributed by atoms with E-state index in [0.29, 0.717) is 0 Å². The van der Waals surface area contributed by atoms with Crippen LogP contribution in [-0.2, 0) is 9.31 Å². The lowest BCUT2D eigenvalue weighted by atomic mass is 9.84. The monoisotopic (exact) mass is 354 g/mol. The summed E-state index contributed by atoms with van der Waals surface area (Å²) >= 11 is 3.07. The van der Waals surface area contributed by atoms with Gasteiger partial charge in [0, 0.05) is 18.0 Å². The molecule has 0 saturated carbocycles. The fraction of sp³-hybridized carbons (Fsp3) is 0.429. The normalized spacial score (nSPS) is 23.3. The molecule has 0 bridgehead atoms. The van der Waals surface area contributed by atoms with Crippen molar-refractivity contribution in [3.63, 3.8) is 0 Å². The van der Waals surface area contributed by atoms with Gasteiger partial charge in [0.2, 0.25) is 0 Å². The number of hydrogen-bond acceptors (Lipinski definition) is 4. The van der Waals surface area contributed by atoms with Crippen LogP contribution < -0.4 is 5.59 Å². The SMILES string of the molecule is [2H]c1nc(B2OC(C)(C)C(C)(C)O2)c([2H])c(-n2c([2H])nc(Br)c2[2H])c1[2H]. The summed E-state index contributed by atoms with van der Waals surface area (Å²) in [5.41, 5.74) is -1.41. The topological polar surface area (TPSA) is 49.2 Å². The van der Waals surface area contributed by atoms with Crippen LogP contribution in [0.1, 0.15) is 34.5 Å². The van der Waals surface area contributed by atoms with Gasteiger partial charge in [-0.2, -0.15) is 0 Å². The van der Waals surface area contributed by atoms with E-state index in [1.807, 2.05) is 27.7 Å². The van der Waals surface area contributed by atoms with Crippen LogP contribution in [0.5, 0.6) is 0 Å². The number of halogens is 1. The standard InChI is InChI=1S/C14H17BBrN3O2/c1-13(2)14(3,4)21-15(20-13)11-7-10(5-6-17-11)19-8-12(16)18-9-19/h5-9H,1-4H3/i5D,6D,7D,8D,9D. The van der Waals surface area contributed by atoms with Crippen LogP contribution in [0.3, 0.4) is 0 Å². The zero-order valence-corrected chi connectivity index (χ0v) is 13.7. The molecule has 0 aromatic carbocycles. The molecular weight excluding hydrogens is 333 g/mol. The minimum absolute atomic E-state index is 0.0308. The number of aromatic nitrogens is 3. The lowest BCUT2D eigenvalue weighted by Gasteiger charge is -2.32. The Labute approximate surface area is 140 Å². The molecule has 21 heavy (non-hydrogen) atoms. The highest BCUT2D eigenvalue weighted by atomic mass is 79.9. The third kappa shape index (κ3) is 2.65. The van der Waals surface area contributed by atoms with Gasteiger partial charge in [0.15, 0.2) is 0 Å². The van der Waals surface area contributed by atoms with Gasteiger partial charge in [0.05, 0.1) is 22.3 Å². The van der Waals surface area contributed by atoms with Gasteiger partial charge in [-0.3, -0.25) is 4.98 Å². The summed E-state index contributed by atoms with van der Waals surface area (Å²) in [4.78, 5) is 7.83. The lowest BCUT2D eigenvalue weighted by Crippen LogP contribution is -2.41. The smallest absolute Gasteiger partial charge is 0.398 e. The Bertz CT molecular complexity index is 889. The average Bonchev–Trinajstić information content (AvgIpc) is 2.88. The molecule has 1 fully saturated rings. The molecule has 0 amide bonds. The first-order chi connectivity index (χ1) is 11.9. The number of pyridine rings is 1. The Morgan fingerprint density at radius 1 is 1.24 bits per heavy atom. The molecule has 1 saturated heterocycles. The van der Waals surface area contributed by atoms with E-state index >= 15 is 0 Å². The first-order valence-corrected chi connectivity index (χ1v) is 7.22. The highest BCUT2D eigenvalue weighted by Crippen LogP contribution is 2.36. The molecule has 0 radical (unpaired) electrons. The average molecular weight is 355 g/mol. The molecule has 1 aliphatic rings. The Hall–Kier alpha value is -1.18. The maximum Gasteiger partial charge on any atom is 0.514 e. The summed E-state index contributed by atoms with van der Waals surface area (Å²) in [6.45, 7) is 7.42. The minimum Gasteiger partial charge on any atom is -0.398 e. The molecule has 0 atom stereocenters. The molecule has 110 valence electrons. The lowest BCUT2D eigenvalue weighted by molar-refractivity contribution is 0.00578. The Morgan fingerprint density at radius 3 is 2.48 bits per heavy atom. The molecule has 0 aliphatic carbocycles. The van der Waals surface area contributed by atoms with Gasteiger partial charge in [-0.25, -0.2) is 4.98 Å². The van der Waals surface area contributed by atoms with Crippen molar-refractivity contribution in [2.24, 2.45) is 0 Å². The fourth-order valence-corrected chi connectivity index (χ4v) is 2.10. The van der Waals surface area contributed by atoms with Crippen LogP contribution in [0, 0.1) is 0 Å². The largest absolute Gasteiger partial charge is 0.514 e. The van der Waals surface area contributed by atoms with Gasteiger partial charge in [0.25, 0.3) is 0 Å². The number of hydrogen-bond donors (Lipinski definition) is 0. The molecule has 7 heteroatoms. The molecule has 3 rings (SSSR count). The molecule has 0 unspecified atom stereocenters. The number of imidazole rings is 1. The van der Waals surface area contributed by atoms with E-state index in [0.717, 1.165) is 4.57 Å². The zero-order chi connectivity index (χ0) is 19.6. The van der Waals surface area contributed by atoms with Gasteiger partial charge in [-0.1, -0.05) is 0 Å². The maximum absolute atomic E-state index is 8.49. The van der Waals surface area contributed by atoms with Crippen molar-refractivity contribution >= 4 is 28.6 Å². The van der Waals surface area contributed by atoms with Crippen molar-refractivity contribution in [1.29, 1.82) is 0 Å². The van der Waals surface area contributed by atoms with Crippen molar-refractivity contribution in [2.75, 3.05) is 0 Å². The third-order valence-corrected chi connectivity index (χ3v) is 4.10. The minimum atomic E-state index is -0.994. The van der Waals surface area contributed by atoms with Crippen LogP contribution in [0.15, 0.2) is 35.3 Å². The second-order valence-electron chi connectivity index (χ2n) is 5.75. The predicted octanol–water partition coefficient (Wildman–Crippen LogP) is 2.33. The summed E-state index contributed by atoms with van der Waals surface area (Å²) in [7, 11) is -0.994. The van der Waals surface area contributed by atoms with Gasteiger partial charge in [-0.15, -0.1) is 0 Å². The van der Waals surface area contributed by atoms with Crippen LogP contribution in [0.2, 0.25) is 0 Å². The van der Waals surface area contributed by atoms with E-state index < -0.39 is 24.5 Å². The second-order valence-corrected chi connectivity index (χ2v) is 6.50. The Balaban J connectivity index is 2.21. The van der Waals surface area contributed by atoms with Gasteiger partial charge in [-0.05, 0) is 55.7 Å². The molecule has 2 aromatic rings. The van der Waals surface area contributed by atoms with Crippen molar-refractivity contribution in [3.05, 3.63) is 35.3 Å². The summed E-state index contributed by atoms with van der Waals surface area (Å²) in [6.07, 6.45) is -0.916. The molecule has 2 aromatic heterocycles. The van der Waals surface area contributed by atoms with Gasteiger partial charge < -0.3 is 13.9 Å². The number of rotatable bonds is 2. The Morgan fingerprint density at radius 2 is 1.90 bits per heavy atom. The van der Waals surface area contributed by atoms with E-state index in [1.54, 1.807) is 0 Å². The highest BCUT2D eigenvalue weighted by molar-refractivity contribution is 9.10.